The van der Waals surface area contributed by atoms with Gasteiger partial charge >= 0.3 is 0 Å². The normalized spacial score (nSPS) is 13.5. The zero-order valence-electron chi connectivity index (χ0n) is 17.8. The number of Topliss-reactive ketones (excluding diaryl/α,β-unsaturated/α-hetero) is 1. The van der Waals surface area contributed by atoms with Crippen molar-refractivity contribution in [1.82, 2.24) is 20.6 Å². The summed E-state index contributed by atoms with van der Waals surface area (Å²) in [5.41, 5.74) is 2.96. The fraction of sp³-hybridized carbons (Fsp3) is 0.435. The van der Waals surface area contributed by atoms with E-state index in [9.17, 15) is 14.4 Å². The van der Waals surface area contributed by atoms with Crippen molar-refractivity contribution in [3.05, 3.63) is 53.5 Å². The Morgan fingerprint density at radius 3 is 2.84 bits per heavy atom. The first-order valence-electron chi connectivity index (χ1n) is 10.7. The molecule has 8 nitrogen and oxygen atoms in total. The number of carbonyl (C=O) groups is 3. The lowest BCUT2D eigenvalue weighted by atomic mass is 10.0. The second kappa shape index (κ2) is 11.2. The van der Waals surface area contributed by atoms with Gasteiger partial charge in [-0.2, -0.15) is 0 Å². The summed E-state index contributed by atoms with van der Waals surface area (Å²) < 4.78 is 0. The zero-order valence-corrected chi connectivity index (χ0v) is 17.8. The largest absolute Gasteiger partial charge is 0.370 e. The van der Waals surface area contributed by atoms with Gasteiger partial charge < -0.3 is 16.0 Å². The Bertz CT molecular complexity index is 917. The van der Waals surface area contributed by atoms with Gasteiger partial charge in [0.05, 0.1) is 12.6 Å². The minimum absolute atomic E-state index is 0.0378. The van der Waals surface area contributed by atoms with Crippen LogP contribution in [-0.2, 0) is 27.2 Å². The van der Waals surface area contributed by atoms with E-state index in [4.69, 9.17) is 0 Å². The number of anilines is 1. The van der Waals surface area contributed by atoms with Crippen LogP contribution in [0, 0.1) is 0 Å². The van der Waals surface area contributed by atoms with Crippen LogP contribution in [0.2, 0.25) is 0 Å². The molecule has 0 aromatic carbocycles. The monoisotopic (exact) mass is 423 g/mol. The number of aryl methyl sites for hydroxylation is 2. The Morgan fingerprint density at radius 2 is 2.06 bits per heavy atom. The maximum Gasteiger partial charge on any atom is 0.239 e. The quantitative estimate of drug-likeness (QED) is 0.539. The van der Waals surface area contributed by atoms with Crippen LogP contribution in [0.25, 0.3) is 0 Å². The Balaban J connectivity index is 1.40. The lowest BCUT2D eigenvalue weighted by Gasteiger charge is -2.18. The fourth-order valence-electron chi connectivity index (χ4n) is 3.57. The van der Waals surface area contributed by atoms with Crippen molar-refractivity contribution in [2.24, 2.45) is 0 Å². The minimum atomic E-state index is -0.459. The van der Waals surface area contributed by atoms with E-state index in [0.717, 1.165) is 36.5 Å². The third-order valence-corrected chi connectivity index (χ3v) is 5.15. The second-order valence-electron chi connectivity index (χ2n) is 7.78. The molecule has 8 heteroatoms. The van der Waals surface area contributed by atoms with E-state index in [1.54, 1.807) is 18.5 Å². The first kappa shape index (κ1) is 22.4. The Morgan fingerprint density at radius 1 is 1.19 bits per heavy atom. The standard InChI is InChI=1S/C23H29N5O3/c1-16(29)13-20(18-6-3-11-24-14-18)28-22(31)15-26-21(30)8-2-7-19-10-9-17-5-4-12-25-23(17)27-19/h3,6,9-11,14,20H,2,4-5,7-8,12-13,15H2,1H3,(H,25,27)(H,26,30)(H,28,31). The highest BCUT2D eigenvalue weighted by Gasteiger charge is 2.17. The molecular formula is C23H29N5O3. The molecule has 31 heavy (non-hydrogen) atoms. The maximum atomic E-state index is 12.3. The summed E-state index contributed by atoms with van der Waals surface area (Å²) in [5, 5.41) is 8.76. The van der Waals surface area contributed by atoms with Crippen LogP contribution in [-0.4, -0.2) is 40.7 Å². The molecule has 2 amide bonds. The van der Waals surface area contributed by atoms with Crippen molar-refractivity contribution < 1.29 is 14.4 Å². The molecule has 1 aliphatic heterocycles. The van der Waals surface area contributed by atoms with Gasteiger partial charge in [-0.3, -0.25) is 19.4 Å². The summed E-state index contributed by atoms with van der Waals surface area (Å²) in [5.74, 6) is 0.393. The highest BCUT2D eigenvalue weighted by molar-refractivity contribution is 5.85. The number of nitrogens with zero attached hydrogens (tertiary/aromatic N) is 2. The van der Waals surface area contributed by atoms with Gasteiger partial charge in [0.2, 0.25) is 11.8 Å². The molecule has 1 atom stereocenters. The summed E-state index contributed by atoms with van der Waals surface area (Å²) in [6, 6.07) is 7.23. The number of pyridine rings is 2. The molecule has 3 N–H and O–H groups in total. The van der Waals surface area contributed by atoms with Gasteiger partial charge in [-0.05, 0) is 55.9 Å². The van der Waals surface area contributed by atoms with E-state index in [1.807, 2.05) is 12.1 Å². The van der Waals surface area contributed by atoms with E-state index in [2.05, 4.69) is 32.0 Å². The Kier molecular flexibility index (Phi) is 8.09. The number of nitrogens with one attached hydrogen (secondary N) is 3. The first-order valence-corrected chi connectivity index (χ1v) is 10.7. The molecule has 3 rings (SSSR count). The number of hydrogen-bond acceptors (Lipinski definition) is 6. The van der Waals surface area contributed by atoms with Crippen LogP contribution < -0.4 is 16.0 Å². The molecule has 0 bridgehead atoms. The lowest BCUT2D eigenvalue weighted by Crippen LogP contribution is -2.39. The van der Waals surface area contributed by atoms with Crippen molar-refractivity contribution in [3.8, 4) is 0 Å². The van der Waals surface area contributed by atoms with Gasteiger partial charge in [-0.25, -0.2) is 4.98 Å². The molecular weight excluding hydrogens is 394 g/mol. The van der Waals surface area contributed by atoms with Crippen molar-refractivity contribution in [2.45, 2.75) is 51.5 Å². The van der Waals surface area contributed by atoms with Crippen molar-refractivity contribution in [3.63, 3.8) is 0 Å². The highest BCUT2D eigenvalue weighted by atomic mass is 16.2. The van der Waals surface area contributed by atoms with Crippen LogP contribution in [0.1, 0.15) is 55.5 Å². The number of rotatable bonds is 10. The maximum absolute atomic E-state index is 12.3. The van der Waals surface area contributed by atoms with E-state index < -0.39 is 6.04 Å². The van der Waals surface area contributed by atoms with Crippen molar-refractivity contribution in [2.75, 3.05) is 18.4 Å². The van der Waals surface area contributed by atoms with Gasteiger partial charge in [-0.15, -0.1) is 0 Å². The molecule has 2 aromatic rings. The van der Waals surface area contributed by atoms with Crippen LogP contribution in [0.15, 0.2) is 36.7 Å². The molecule has 0 aliphatic carbocycles. The molecule has 1 unspecified atom stereocenters. The molecule has 3 heterocycles. The molecule has 0 spiro atoms. The number of carbonyl (C=O) groups excluding carboxylic acids is 3. The fourth-order valence-corrected chi connectivity index (χ4v) is 3.57. The molecule has 0 saturated heterocycles. The molecule has 0 saturated carbocycles. The zero-order chi connectivity index (χ0) is 22.1. The van der Waals surface area contributed by atoms with Gasteiger partial charge in [0.15, 0.2) is 0 Å². The van der Waals surface area contributed by atoms with Crippen LogP contribution in [0.4, 0.5) is 5.82 Å². The van der Waals surface area contributed by atoms with Crippen LogP contribution in [0.3, 0.4) is 0 Å². The predicted octanol–water partition coefficient (Wildman–Crippen LogP) is 2.11. The highest BCUT2D eigenvalue weighted by Crippen LogP contribution is 2.20. The average molecular weight is 424 g/mol. The number of aromatic nitrogens is 2. The van der Waals surface area contributed by atoms with Crippen molar-refractivity contribution >= 4 is 23.4 Å². The van der Waals surface area contributed by atoms with Gasteiger partial charge in [0, 0.05) is 37.5 Å². The Labute approximate surface area is 182 Å². The topological polar surface area (TPSA) is 113 Å². The second-order valence-corrected chi connectivity index (χ2v) is 7.78. The minimum Gasteiger partial charge on any atom is -0.370 e. The SMILES string of the molecule is CC(=O)CC(NC(=O)CNC(=O)CCCc1ccc2c(n1)NCCC2)c1cccnc1. The lowest BCUT2D eigenvalue weighted by molar-refractivity contribution is -0.126. The van der Waals surface area contributed by atoms with E-state index >= 15 is 0 Å². The van der Waals surface area contributed by atoms with E-state index in [0.29, 0.717) is 19.3 Å². The summed E-state index contributed by atoms with van der Waals surface area (Å²) in [6.45, 7) is 2.29. The summed E-state index contributed by atoms with van der Waals surface area (Å²) in [6.07, 6.45) is 7.28. The Hall–Kier alpha value is -3.29. The molecule has 164 valence electrons. The average Bonchev–Trinajstić information content (AvgIpc) is 2.77. The molecule has 0 radical (unpaired) electrons. The summed E-state index contributed by atoms with van der Waals surface area (Å²) in [4.78, 5) is 44.6. The molecule has 0 fully saturated rings. The van der Waals surface area contributed by atoms with E-state index in [1.165, 1.54) is 12.5 Å². The predicted molar refractivity (Wildman–Crippen MR) is 117 cm³/mol. The molecule has 2 aromatic heterocycles. The number of fused-ring (bicyclic) bond motifs is 1. The van der Waals surface area contributed by atoms with Gasteiger partial charge in [0.25, 0.3) is 0 Å². The third-order valence-electron chi connectivity index (χ3n) is 5.15. The first-order chi connectivity index (χ1) is 15.0. The van der Waals surface area contributed by atoms with Crippen LogP contribution >= 0.6 is 0 Å². The number of hydrogen-bond donors (Lipinski definition) is 3. The van der Waals surface area contributed by atoms with Gasteiger partial charge in [-0.1, -0.05) is 12.1 Å². The van der Waals surface area contributed by atoms with Gasteiger partial charge in [0.1, 0.15) is 11.6 Å². The third kappa shape index (κ3) is 7.16. The van der Waals surface area contributed by atoms with Crippen molar-refractivity contribution in [1.29, 1.82) is 0 Å². The summed E-state index contributed by atoms with van der Waals surface area (Å²) in [7, 11) is 0. The van der Waals surface area contributed by atoms with E-state index in [-0.39, 0.29) is 30.6 Å². The summed E-state index contributed by atoms with van der Waals surface area (Å²) >= 11 is 0. The smallest absolute Gasteiger partial charge is 0.239 e. The number of ketones is 1. The number of amides is 2. The molecule has 1 aliphatic rings. The van der Waals surface area contributed by atoms with Crippen LogP contribution in [0.5, 0.6) is 0 Å².